The van der Waals surface area contributed by atoms with E-state index in [4.69, 9.17) is 9.72 Å². The lowest BCUT2D eigenvalue weighted by Crippen LogP contribution is -2.29. The summed E-state index contributed by atoms with van der Waals surface area (Å²) in [7, 11) is 7.65. The van der Waals surface area contributed by atoms with Crippen LogP contribution in [-0.4, -0.2) is 91.0 Å². The van der Waals surface area contributed by atoms with Gasteiger partial charge < -0.3 is 39.7 Å². The summed E-state index contributed by atoms with van der Waals surface area (Å²) < 4.78 is 8.22. The molecule has 45 heavy (non-hydrogen) atoms. The number of aryl methyl sites for hydroxylation is 2. The van der Waals surface area contributed by atoms with E-state index in [0.29, 0.717) is 29.6 Å². The molecule has 0 spiro atoms. The van der Waals surface area contributed by atoms with Crippen molar-refractivity contribution in [3.63, 3.8) is 0 Å². The highest BCUT2D eigenvalue weighted by Gasteiger charge is 2.31. The largest absolute Gasteiger partial charge is 0.494 e. The standard InChI is InChI=1S/C34H42N8O3/c1-6-30(44)36-26-19-27(29(45-5)20-28(26)40(4)18-17-39(2)3)38-34-35-14-12-25(37-34)31-24-11-7-9-22-10-8-15-42(32(22)24)33(31)41-16-13-23(43)21-41/h6-7,9,11-12,14,19-20,23,43H,1,8,10,13,15-18,21H2,2-5H3,(H,36,44)(H,35,37,38). The number of likely N-dealkylation sites (N-methyl/N-ethyl adjacent to an activating group) is 2. The van der Waals surface area contributed by atoms with Crippen molar-refractivity contribution in [1.29, 1.82) is 0 Å². The molecule has 1 fully saturated rings. The number of para-hydroxylation sites is 1. The van der Waals surface area contributed by atoms with Gasteiger partial charge in [-0.3, -0.25) is 4.79 Å². The first kappa shape index (κ1) is 30.4. The lowest BCUT2D eigenvalue weighted by atomic mass is 10.0. The number of β-amino-alcohol motifs (C(OH)–C–C–N with tert-alkyl or cyclic N) is 1. The molecule has 1 saturated heterocycles. The summed E-state index contributed by atoms with van der Waals surface area (Å²) in [4.78, 5) is 28.5. The third-order valence-electron chi connectivity index (χ3n) is 8.64. The zero-order valence-corrected chi connectivity index (χ0v) is 26.5. The van der Waals surface area contributed by atoms with Crippen LogP contribution in [0.3, 0.4) is 0 Å². The van der Waals surface area contributed by atoms with E-state index < -0.39 is 0 Å². The molecule has 0 aliphatic carbocycles. The van der Waals surface area contributed by atoms with Crippen LogP contribution in [0.4, 0.5) is 28.8 Å². The van der Waals surface area contributed by atoms with Crippen LogP contribution >= 0.6 is 0 Å². The second-order valence-electron chi connectivity index (χ2n) is 12.0. The number of methoxy groups -OCH3 is 1. The summed E-state index contributed by atoms with van der Waals surface area (Å²) >= 11 is 0. The molecule has 236 valence electrons. The lowest BCUT2D eigenvalue weighted by molar-refractivity contribution is -0.111. The van der Waals surface area contributed by atoms with E-state index in [1.54, 1.807) is 13.3 Å². The van der Waals surface area contributed by atoms with Crippen molar-refractivity contribution in [1.82, 2.24) is 19.4 Å². The molecule has 3 N–H and O–H groups in total. The molecule has 2 aliphatic heterocycles. The van der Waals surface area contributed by atoms with E-state index in [9.17, 15) is 9.90 Å². The van der Waals surface area contributed by atoms with Gasteiger partial charge in [0.1, 0.15) is 11.6 Å². The molecule has 1 atom stereocenters. The topological polar surface area (TPSA) is 111 Å². The number of carbonyl (C=O) groups excluding carboxylic acids is 1. The van der Waals surface area contributed by atoms with E-state index in [0.717, 1.165) is 73.6 Å². The smallest absolute Gasteiger partial charge is 0.247 e. The zero-order valence-electron chi connectivity index (χ0n) is 26.5. The number of aliphatic hydroxyl groups is 1. The van der Waals surface area contributed by atoms with Gasteiger partial charge >= 0.3 is 0 Å². The number of aliphatic hydroxyl groups excluding tert-OH is 1. The van der Waals surface area contributed by atoms with Gasteiger partial charge in [0.15, 0.2) is 0 Å². The highest BCUT2D eigenvalue weighted by molar-refractivity contribution is 6.04. The summed E-state index contributed by atoms with van der Waals surface area (Å²) in [6.45, 7) is 7.52. The van der Waals surface area contributed by atoms with Crippen LogP contribution in [-0.2, 0) is 17.8 Å². The molecule has 11 nitrogen and oxygen atoms in total. The predicted octanol–water partition coefficient (Wildman–Crippen LogP) is 4.49. The van der Waals surface area contributed by atoms with Crippen molar-refractivity contribution in [2.24, 2.45) is 0 Å². The van der Waals surface area contributed by atoms with Gasteiger partial charge in [-0.1, -0.05) is 24.8 Å². The van der Waals surface area contributed by atoms with Gasteiger partial charge in [0.05, 0.1) is 47.1 Å². The number of aromatic nitrogens is 3. The number of hydrogen-bond donors (Lipinski definition) is 3. The SMILES string of the molecule is C=CC(=O)Nc1cc(Nc2nccc(-c3c(N4CCC(O)C4)n4c5c(cccc35)CCC4)n2)c(OC)cc1N(C)CCN(C)C. The molecule has 0 bridgehead atoms. The second kappa shape index (κ2) is 12.8. The van der Waals surface area contributed by atoms with E-state index >= 15 is 0 Å². The van der Waals surface area contributed by atoms with Crippen molar-refractivity contribution in [2.75, 3.05) is 74.9 Å². The minimum Gasteiger partial charge on any atom is -0.494 e. The molecule has 2 aliphatic rings. The van der Waals surface area contributed by atoms with Crippen LogP contribution in [0.5, 0.6) is 5.75 Å². The van der Waals surface area contributed by atoms with Crippen LogP contribution in [0, 0.1) is 0 Å². The first-order chi connectivity index (χ1) is 21.8. The molecule has 4 aromatic rings. The molecular formula is C34H42N8O3. The third kappa shape index (κ3) is 6.05. The maximum atomic E-state index is 12.4. The number of nitrogens with one attached hydrogen (secondary N) is 2. The van der Waals surface area contributed by atoms with Crippen molar-refractivity contribution in [2.45, 2.75) is 31.9 Å². The second-order valence-corrected chi connectivity index (χ2v) is 12.0. The Balaban J connectivity index is 1.41. The number of benzene rings is 2. The number of ether oxygens (including phenoxy) is 1. The number of carbonyl (C=O) groups is 1. The Morgan fingerprint density at radius 1 is 1.18 bits per heavy atom. The summed E-state index contributed by atoms with van der Waals surface area (Å²) in [5.41, 5.74) is 6.49. The fraction of sp³-hybridized carbons (Fsp3) is 0.382. The van der Waals surface area contributed by atoms with Gasteiger partial charge in [0, 0.05) is 57.4 Å². The number of amides is 1. The van der Waals surface area contributed by atoms with Gasteiger partial charge in [-0.25, -0.2) is 9.97 Å². The quantitative estimate of drug-likeness (QED) is 0.212. The van der Waals surface area contributed by atoms with E-state index in [1.165, 1.54) is 17.2 Å². The lowest BCUT2D eigenvalue weighted by Gasteiger charge is -2.26. The summed E-state index contributed by atoms with van der Waals surface area (Å²) in [5.74, 6) is 1.79. The van der Waals surface area contributed by atoms with Gasteiger partial charge in [-0.2, -0.15) is 0 Å². The number of nitrogens with zero attached hydrogens (tertiary/aromatic N) is 6. The monoisotopic (exact) mass is 610 g/mol. The molecule has 4 heterocycles. The fourth-order valence-corrected chi connectivity index (χ4v) is 6.42. The highest BCUT2D eigenvalue weighted by Crippen LogP contribution is 2.44. The number of hydrogen-bond acceptors (Lipinski definition) is 9. The molecule has 2 aromatic carbocycles. The van der Waals surface area contributed by atoms with E-state index in [-0.39, 0.29) is 12.0 Å². The molecule has 1 amide bonds. The maximum Gasteiger partial charge on any atom is 0.247 e. The van der Waals surface area contributed by atoms with Crippen LogP contribution in [0.25, 0.3) is 22.2 Å². The third-order valence-corrected chi connectivity index (χ3v) is 8.64. The average Bonchev–Trinajstić information content (AvgIpc) is 3.62. The van der Waals surface area contributed by atoms with Crippen LogP contribution in [0.1, 0.15) is 18.4 Å². The maximum absolute atomic E-state index is 12.4. The summed E-state index contributed by atoms with van der Waals surface area (Å²) in [5, 5.41) is 17.9. The summed E-state index contributed by atoms with van der Waals surface area (Å²) in [6, 6.07) is 12.2. The van der Waals surface area contributed by atoms with E-state index in [1.807, 2.05) is 39.3 Å². The van der Waals surface area contributed by atoms with Crippen LogP contribution in [0.15, 0.2) is 55.3 Å². The number of anilines is 5. The van der Waals surface area contributed by atoms with Gasteiger partial charge in [-0.05, 0) is 57.1 Å². The predicted molar refractivity (Wildman–Crippen MR) is 181 cm³/mol. The first-order valence-corrected chi connectivity index (χ1v) is 15.5. The molecule has 0 saturated carbocycles. The first-order valence-electron chi connectivity index (χ1n) is 15.5. The molecule has 2 aromatic heterocycles. The number of rotatable bonds is 11. The average molecular weight is 611 g/mol. The van der Waals surface area contributed by atoms with Gasteiger partial charge in [0.25, 0.3) is 0 Å². The van der Waals surface area contributed by atoms with E-state index in [2.05, 4.69) is 59.7 Å². The van der Waals surface area contributed by atoms with Gasteiger partial charge in [0.2, 0.25) is 11.9 Å². The molecule has 11 heteroatoms. The molecule has 0 radical (unpaired) electrons. The van der Waals surface area contributed by atoms with Crippen molar-refractivity contribution in [3.8, 4) is 17.0 Å². The Morgan fingerprint density at radius 2 is 2.02 bits per heavy atom. The van der Waals surface area contributed by atoms with Crippen LogP contribution < -0.4 is 25.2 Å². The van der Waals surface area contributed by atoms with Crippen molar-refractivity contribution < 1.29 is 14.6 Å². The zero-order chi connectivity index (χ0) is 31.7. The van der Waals surface area contributed by atoms with Crippen molar-refractivity contribution >= 4 is 45.6 Å². The Kier molecular flexibility index (Phi) is 8.64. The Labute approximate surface area is 264 Å². The van der Waals surface area contributed by atoms with Crippen LogP contribution in [0.2, 0.25) is 0 Å². The molecular weight excluding hydrogens is 568 g/mol. The Morgan fingerprint density at radius 3 is 2.76 bits per heavy atom. The fourth-order valence-electron chi connectivity index (χ4n) is 6.42. The summed E-state index contributed by atoms with van der Waals surface area (Å²) in [6.07, 6.45) is 5.53. The van der Waals surface area contributed by atoms with Crippen molar-refractivity contribution in [3.05, 3.63) is 60.8 Å². The molecule has 1 unspecified atom stereocenters. The highest BCUT2D eigenvalue weighted by atomic mass is 16.5. The Bertz CT molecular complexity index is 1730. The minimum absolute atomic E-state index is 0.306. The van der Waals surface area contributed by atoms with Gasteiger partial charge in [-0.15, -0.1) is 0 Å². The minimum atomic E-state index is -0.345. The molecule has 6 rings (SSSR count). The normalized spacial score (nSPS) is 15.9. The Hall–Kier alpha value is -4.61.